The average molecular weight is 638 g/mol. The molecule has 2 aromatic rings. The van der Waals surface area contributed by atoms with Crippen LogP contribution in [-0.2, 0) is 38.4 Å². The number of carbonyl (C=O) groups excluding carboxylic acids is 1. The molecule has 2 rings (SSSR count). The number of rotatable bonds is 3. The molecule has 27 heavy (non-hydrogen) atoms. The van der Waals surface area contributed by atoms with Crippen molar-refractivity contribution in [2.45, 2.75) is 0 Å². The quantitative estimate of drug-likeness (QED) is 0.104. The number of hydrogen-bond donors (Lipinski definition) is 0. The van der Waals surface area contributed by atoms with Crippen molar-refractivity contribution in [1.82, 2.24) is 0 Å². The summed E-state index contributed by atoms with van der Waals surface area (Å²) in [6.07, 6.45) is 4.35. The number of nitrogens with one attached hydrogen (secondary N) is 2. The number of carbonyl (C=O) groups is 1. The van der Waals surface area contributed by atoms with Gasteiger partial charge in [-0.1, -0.05) is 0 Å². The topological polar surface area (TPSA) is 263 Å². The Morgan fingerprint density at radius 3 is 1.48 bits per heavy atom. The summed E-state index contributed by atoms with van der Waals surface area (Å²) in [5, 5.41) is 11.7. The van der Waals surface area contributed by atoms with Crippen molar-refractivity contribution in [3.8, 4) is 0 Å². The van der Waals surface area contributed by atoms with E-state index in [1.165, 1.54) is 0 Å². The molecule has 0 radical (unpaired) electrons. The largest absolute Gasteiger partial charge is 2.00 e. The van der Waals surface area contributed by atoms with E-state index in [0.29, 0.717) is 11.4 Å². The Bertz CT molecular complexity index is 568. The third-order valence-corrected chi connectivity index (χ3v) is 2.21. The number of hydrogen-bond acceptors (Lipinski definition) is 2. The normalized spacial score (nSPS) is 7.04. The summed E-state index contributed by atoms with van der Waals surface area (Å²) in [7, 11) is 0. The van der Waals surface area contributed by atoms with Gasteiger partial charge in [0.15, 0.2) is 18.1 Å². The minimum absolute atomic E-state index is 0. The molecule has 14 heteroatoms. The zero-order valence-corrected chi connectivity index (χ0v) is 19.5. The average Bonchev–Trinajstić information content (AvgIpc) is 2.40. The first kappa shape index (κ1) is 56.2. The van der Waals surface area contributed by atoms with E-state index in [0.717, 1.165) is 6.08 Å². The van der Waals surface area contributed by atoms with Gasteiger partial charge < -0.3 is 88.9 Å². The molecule has 0 aliphatic carbocycles. The standard InChI is InChI=1S/C13H10N2O2.3BrH.Ni.6H2O/c16-12(10-5-1-3-7-14-10)9-13(17)11-6-2-4-8-15-11;;;;;;;;;;/h1-9,16H;3*1H;;6*1H2/q;;;;+2;;;;;;/p+2/b12-9-;;;;;;;;;;. The summed E-state index contributed by atoms with van der Waals surface area (Å²) in [6.45, 7) is 0. The minimum atomic E-state index is -0.340. The van der Waals surface area contributed by atoms with Gasteiger partial charge in [-0.15, -0.1) is 0 Å². The Morgan fingerprint density at radius 2 is 1.15 bits per heavy atom. The smallest absolute Gasteiger partial charge is 1.00 e. The van der Waals surface area contributed by atoms with Crippen molar-refractivity contribution in [1.29, 1.82) is 0 Å². The van der Waals surface area contributed by atoms with Crippen molar-refractivity contribution in [2.24, 2.45) is 0 Å². The van der Waals surface area contributed by atoms with Crippen LogP contribution in [0.25, 0.3) is 5.76 Å². The summed E-state index contributed by atoms with van der Waals surface area (Å²) in [6, 6.07) is 10.3. The molecule has 18 N–H and O–H groups in total. The molecule has 0 bridgehead atoms. The van der Waals surface area contributed by atoms with Crippen LogP contribution in [-0.4, -0.2) is 16.7 Å². The second-order valence-corrected chi connectivity index (χ2v) is 3.43. The Kier molecular flexibility index (Phi) is 62.4. The fourth-order valence-electron chi connectivity index (χ4n) is 1.37. The molecule has 0 aliphatic heterocycles. The van der Waals surface area contributed by atoms with E-state index in [-0.39, 0.29) is 112 Å². The van der Waals surface area contributed by atoms with Crippen LogP contribution in [0.1, 0.15) is 16.2 Å². The number of H-pyrrole nitrogens is 2. The maximum Gasteiger partial charge on any atom is 2.00 e. The maximum absolute atomic E-state index is 11.7. The summed E-state index contributed by atoms with van der Waals surface area (Å²) in [5.74, 6) is -0.680. The number of aromatic amines is 2. The number of aromatic nitrogens is 2. The van der Waals surface area contributed by atoms with E-state index >= 15 is 0 Å². The van der Waals surface area contributed by atoms with Gasteiger partial charge in [-0.05, 0) is 24.0 Å². The minimum Gasteiger partial charge on any atom is -1.00 e. The molecule has 0 atom stereocenters. The van der Waals surface area contributed by atoms with Gasteiger partial charge in [0.05, 0.1) is 0 Å². The molecule has 0 saturated heterocycles. The maximum atomic E-state index is 11.7. The molecule has 2 heterocycles. The van der Waals surface area contributed by atoms with Crippen molar-refractivity contribution < 1.29 is 120 Å². The zero-order valence-electron chi connectivity index (χ0n) is 13.8. The van der Waals surface area contributed by atoms with Gasteiger partial charge in [0.25, 0.3) is 5.69 Å². The van der Waals surface area contributed by atoms with Crippen molar-refractivity contribution in [2.75, 3.05) is 0 Å². The predicted octanol–water partition coefficient (Wildman–Crippen LogP) is -14.4. The van der Waals surface area contributed by atoms with Crippen LogP contribution in [0.3, 0.4) is 0 Å². The zero-order chi connectivity index (χ0) is 12.1. The number of ketones is 1. The molecule has 2 aromatic heterocycles. The van der Waals surface area contributed by atoms with E-state index in [4.69, 9.17) is 0 Å². The van der Waals surface area contributed by atoms with E-state index in [1.54, 1.807) is 48.8 Å². The first-order valence-electron chi connectivity index (χ1n) is 5.14. The fourth-order valence-corrected chi connectivity index (χ4v) is 1.37. The van der Waals surface area contributed by atoms with E-state index < -0.39 is 0 Å². The number of halogens is 3. The molecule has 0 amide bonds. The summed E-state index contributed by atoms with van der Waals surface area (Å²) in [5.41, 5.74) is 0.772. The van der Waals surface area contributed by atoms with E-state index in [2.05, 4.69) is 9.97 Å². The first-order chi connectivity index (χ1) is 8.27. The van der Waals surface area contributed by atoms with Gasteiger partial charge in [-0.25, -0.2) is 9.97 Å². The fraction of sp³-hybridized carbons (Fsp3) is 0. The first-order valence-corrected chi connectivity index (χ1v) is 5.14. The molecule has 0 aliphatic rings. The third kappa shape index (κ3) is 18.3. The van der Waals surface area contributed by atoms with Crippen LogP contribution in [0.15, 0.2) is 54.9 Å². The van der Waals surface area contributed by atoms with Gasteiger partial charge in [-0.2, -0.15) is 0 Å². The second kappa shape index (κ2) is 29.9. The van der Waals surface area contributed by atoms with Gasteiger partial charge in [0.1, 0.15) is 0 Å². The van der Waals surface area contributed by atoms with Crippen LogP contribution in [0, 0.1) is 0 Å². The molecular formula is C13H27Br3N2NiO8+4. The van der Waals surface area contributed by atoms with Crippen molar-refractivity contribution in [3.63, 3.8) is 0 Å². The molecule has 0 spiro atoms. The Balaban J connectivity index is -0.0000000463. The molecule has 0 fully saturated rings. The number of pyridine rings is 2. The van der Waals surface area contributed by atoms with Gasteiger partial charge in [-0.3, -0.25) is 4.79 Å². The molecule has 10 nitrogen and oxygen atoms in total. The van der Waals surface area contributed by atoms with E-state index in [9.17, 15) is 9.90 Å². The van der Waals surface area contributed by atoms with Crippen LogP contribution in [0.5, 0.6) is 0 Å². The van der Waals surface area contributed by atoms with E-state index in [1.807, 2.05) is 0 Å². The van der Waals surface area contributed by atoms with Crippen LogP contribution in [0.4, 0.5) is 0 Å². The summed E-state index contributed by atoms with van der Waals surface area (Å²) in [4.78, 5) is 17.3. The molecule has 0 saturated carbocycles. The van der Waals surface area contributed by atoms with Crippen LogP contribution >= 0.6 is 0 Å². The SMILES string of the molecule is O.O.O=C(/C=C(\[O-])c1cccc[nH+]1)c1cccc[nH+]1.[Br-].[Br-].[Br-].[Ni+2].[OH3+].[OH3+].[OH3+].[OH3+]. The van der Waals surface area contributed by atoms with Crippen molar-refractivity contribution in [3.05, 3.63) is 66.3 Å². The number of allylic oxidation sites excluding steroid dienone is 1. The molecule has 164 valence electrons. The van der Waals surface area contributed by atoms with Crippen LogP contribution in [0.2, 0.25) is 0 Å². The van der Waals surface area contributed by atoms with Crippen LogP contribution < -0.4 is 66.0 Å². The van der Waals surface area contributed by atoms with Gasteiger partial charge in [0, 0.05) is 24.3 Å². The Labute approximate surface area is 197 Å². The molecule has 0 aromatic carbocycles. The summed E-state index contributed by atoms with van der Waals surface area (Å²) < 4.78 is 0. The predicted molar refractivity (Wildman–Crippen MR) is 85.0 cm³/mol. The van der Waals surface area contributed by atoms with Crippen molar-refractivity contribution >= 4 is 11.5 Å². The summed E-state index contributed by atoms with van der Waals surface area (Å²) >= 11 is 0. The Morgan fingerprint density at radius 1 is 0.778 bits per heavy atom. The second-order valence-electron chi connectivity index (χ2n) is 3.43. The monoisotopic (exact) mass is 634 g/mol. The Hall–Kier alpha value is -0.796. The third-order valence-electron chi connectivity index (χ3n) is 2.21. The van der Waals surface area contributed by atoms with Gasteiger partial charge in [0.2, 0.25) is 5.78 Å². The van der Waals surface area contributed by atoms with Gasteiger partial charge >= 0.3 is 16.5 Å². The molecule has 0 unspecified atom stereocenters. The molecular weight excluding hydrogens is 611 g/mol.